The van der Waals surface area contributed by atoms with Gasteiger partial charge in [0.2, 0.25) is 5.69 Å². The van der Waals surface area contributed by atoms with E-state index in [1.807, 2.05) is 0 Å². The minimum Gasteiger partial charge on any atom is -0.258 e. The Balaban J connectivity index is 2.48. The zero-order chi connectivity index (χ0) is 21.2. The van der Waals surface area contributed by atoms with Crippen molar-refractivity contribution in [1.29, 1.82) is 0 Å². The van der Waals surface area contributed by atoms with Gasteiger partial charge in [-0.25, -0.2) is 5.43 Å². The van der Waals surface area contributed by atoms with Gasteiger partial charge in [-0.3, -0.25) is 30.3 Å². The molecular weight excluding hydrogens is 380 g/mol. The van der Waals surface area contributed by atoms with E-state index in [4.69, 9.17) is 0 Å². The highest BCUT2D eigenvalue weighted by Gasteiger charge is 2.35. The molecule has 28 heavy (non-hydrogen) atoms. The Morgan fingerprint density at radius 2 is 1.64 bits per heavy atom. The molecule has 0 saturated heterocycles. The Morgan fingerprint density at radius 1 is 1.11 bits per heavy atom. The van der Waals surface area contributed by atoms with Crippen LogP contribution in [0.3, 0.4) is 0 Å². The summed E-state index contributed by atoms with van der Waals surface area (Å²) in [6, 6.07) is 1.20. The monoisotopic (exact) mass is 395 g/mol. The van der Waals surface area contributed by atoms with E-state index in [0.29, 0.717) is 18.0 Å². The van der Waals surface area contributed by atoms with Crippen LogP contribution in [0.2, 0.25) is 0 Å². The molecule has 0 amide bonds. The SMILES string of the molecule is Cn1nn[n+](C)c1C(C)(C)N=NNc1c([N+](=O)[O-])cc([N+](=O)[O-])cc1[N+](=O)[O-]. The maximum absolute atomic E-state index is 11.2. The summed E-state index contributed by atoms with van der Waals surface area (Å²) in [5, 5.41) is 48.6. The molecule has 0 spiro atoms. The Morgan fingerprint density at radius 3 is 2.04 bits per heavy atom. The molecule has 16 nitrogen and oxygen atoms in total. The number of nitrogens with one attached hydrogen (secondary N) is 1. The van der Waals surface area contributed by atoms with Crippen LogP contribution in [0.15, 0.2) is 22.5 Å². The summed E-state index contributed by atoms with van der Waals surface area (Å²) >= 11 is 0. The minimum atomic E-state index is -1.01. The predicted octanol–water partition coefficient (Wildman–Crippen LogP) is 1.08. The number of nitrogens with zero attached hydrogens (tertiary/aromatic N) is 9. The molecule has 1 aromatic carbocycles. The zero-order valence-electron chi connectivity index (χ0n) is 15.1. The molecule has 0 fully saturated rings. The molecule has 148 valence electrons. The molecule has 0 aliphatic carbocycles. The van der Waals surface area contributed by atoms with Crippen LogP contribution in [0.5, 0.6) is 0 Å². The van der Waals surface area contributed by atoms with Gasteiger partial charge < -0.3 is 0 Å². The highest BCUT2D eigenvalue weighted by Crippen LogP contribution is 2.38. The number of nitro benzene ring substituents is 3. The van der Waals surface area contributed by atoms with Crippen molar-refractivity contribution in [3.8, 4) is 0 Å². The largest absolute Gasteiger partial charge is 0.308 e. The predicted molar refractivity (Wildman–Crippen MR) is 90.1 cm³/mol. The summed E-state index contributed by atoms with van der Waals surface area (Å²) in [4.78, 5) is 30.4. The first-order valence-corrected chi connectivity index (χ1v) is 7.51. The topological polar surface area (TPSA) is 201 Å². The van der Waals surface area contributed by atoms with Gasteiger partial charge in [0.25, 0.3) is 11.5 Å². The zero-order valence-corrected chi connectivity index (χ0v) is 15.1. The van der Waals surface area contributed by atoms with E-state index in [1.165, 1.54) is 9.36 Å². The van der Waals surface area contributed by atoms with E-state index in [2.05, 4.69) is 26.2 Å². The lowest BCUT2D eigenvalue weighted by Crippen LogP contribution is -2.41. The van der Waals surface area contributed by atoms with Crippen LogP contribution >= 0.6 is 0 Å². The van der Waals surface area contributed by atoms with Crippen LogP contribution in [0.4, 0.5) is 22.7 Å². The molecule has 0 saturated carbocycles. The lowest BCUT2D eigenvalue weighted by molar-refractivity contribution is -0.741. The first kappa shape index (κ1) is 20.2. The van der Waals surface area contributed by atoms with Gasteiger partial charge in [-0.05, 0) is 13.8 Å². The van der Waals surface area contributed by atoms with Gasteiger partial charge in [-0.15, -0.1) is 4.68 Å². The normalized spacial score (nSPS) is 11.6. The standard InChI is InChI=1S/C12H15N10O6/c1-12(2,11-18(3)16-17-19(11)4)14-15-13-10-8(21(25)26)5-7(20(23)24)6-9(10)22(27)28/h5-6H,1-4H3,(H,13,14)/q+1. The molecule has 1 heterocycles. The van der Waals surface area contributed by atoms with Crippen LogP contribution in [0, 0.1) is 30.3 Å². The van der Waals surface area contributed by atoms with Gasteiger partial charge in [0.05, 0.1) is 41.0 Å². The average Bonchev–Trinajstić information content (AvgIpc) is 2.93. The fraction of sp³-hybridized carbons (Fsp3) is 0.417. The van der Waals surface area contributed by atoms with Crippen molar-refractivity contribution in [2.45, 2.75) is 19.4 Å². The van der Waals surface area contributed by atoms with E-state index in [-0.39, 0.29) is 0 Å². The summed E-state index contributed by atoms with van der Waals surface area (Å²) in [5.74, 6) is 0.519. The third kappa shape index (κ3) is 3.84. The molecule has 1 N–H and O–H groups in total. The summed E-state index contributed by atoms with van der Waals surface area (Å²) in [7, 11) is 3.25. The van der Waals surface area contributed by atoms with Crippen molar-refractivity contribution in [1.82, 2.24) is 15.1 Å². The van der Waals surface area contributed by atoms with Crippen LogP contribution in [0.25, 0.3) is 0 Å². The van der Waals surface area contributed by atoms with Crippen LogP contribution in [-0.4, -0.2) is 29.9 Å². The summed E-state index contributed by atoms with van der Waals surface area (Å²) < 4.78 is 2.88. The number of non-ortho nitro benzene ring substituents is 1. The van der Waals surface area contributed by atoms with Crippen molar-refractivity contribution in [2.75, 3.05) is 5.43 Å². The molecule has 0 aliphatic heterocycles. The Hall–Kier alpha value is -4.11. The van der Waals surface area contributed by atoms with Crippen LogP contribution < -0.4 is 10.1 Å². The van der Waals surface area contributed by atoms with Crippen molar-refractivity contribution < 1.29 is 19.5 Å². The van der Waals surface area contributed by atoms with Crippen molar-refractivity contribution in [2.24, 2.45) is 24.4 Å². The van der Waals surface area contributed by atoms with Crippen molar-refractivity contribution in [3.63, 3.8) is 0 Å². The molecule has 0 unspecified atom stereocenters. The van der Waals surface area contributed by atoms with Crippen LogP contribution in [0.1, 0.15) is 19.7 Å². The van der Waals surface area contributed by atoms with Gasteiger partial charge in [-0.1, -0.05) is 9.91 Å². The summed E-state index contributed by atoms with van der Waals surface area (Å²) in [6.07, 6.45) is 0. The number of tetrazole rings is 1. The van der Waals surface area contributed by atoms with Gasteiger partial charge >= 0.3 is 11.4 Å². The second kappa shape index (κ2) is 7.25. The number of aromatic nitrogens is 4. The highest BCUT2D eigenvalue weighted by atomic mass is 16.6. The Labute approximate surface area is 155 Å². The van der Waals surface area contributed by atoms with E-state index in [0.717, 1.165) is 0 Å². The second-order valence-corrected chi connectivity index (χ2v) is 6.05. The number of hydrogen-bond acceptors (Lipinski definition) is 10. The van der Waals surface area contributed by atoms with Gasteiger partial charge in [0.1, 0.15) is 5.21 Å². The van der Waals surface area contributed by atoms with Crippen molar-refractivity contribution >= 4 is 22.7 Å². The molecule has 2 aromatic rings. The number of benzene rings is 1. The smallest absolute Gasteiger partial charge is 0.258 e. The second-order valence-electron chi connectivity index (χ2n) is 6.05. The van der Waals surface area contributed by atoms with Crippen LogP contribution in [-0.2, 0) is 19.6 Å². The third-order valence-electron chi connectivity index (χ3n) is 3.62. The lowest BCUT2D eigenvalue weighted by atomic mass is 10.1. The average molecular weight is 395 g/mol. The fourth-order valence-corrected chi connectivity index (χ4v) is 2.56. The van der Waals surface area contributed by atoms with Crippen molar-refractivity contribution in [3.05, 3.63) is 48.3 Å². The minimum absolute atomic E-state index is 0.519. The molecule has 1 aromatic heterocycles. The number of nitro groups is 3. The Bertz CT molecular complexity index is 942. The lowest BCUT2D eigenvalue weighted by Gasteiger charge is -2.13. The van der Waals surface area contributed by atoms with E-state index >= 15 is 0 Å². The molecule has 0 radical (unpaired) electrons. The van der Waals surface area contributed by atoms with Gasteiger partial charge in [0, 0.05) is 0 Å². The molecular formula is C12H15N10O6+. The molecule has 16 heteroatoms. The van der Waals surface area contributed by atoms with Gasteiger partial charge in [0.15, 0.2) is 10.8 Å². The van der Waals surface area contributed by atoms with E-state index in [9.17, 15) is 30.3 Å². The fourth-order valence-electron chi connectivity index (χ4n) is 2.56. The third-order valence-corrected chi connectivity index (χ3v) is 3.62. The molecule has 2 rings (SSSR count). The quantitative estimate of drug-likeness (QED) is 0.308. The van der Waals surface area contributed by atoms with Gasteiger partial charge in [-0.2, -0.15) is 5.11 Å². The highest BCUT2D eigenvalue weighted by molar-refractivity contribution is 5.76. The number of hydrogen-bond donors (Lipinski definition) is 1. The number of anilines is 1. The summed E-state index contributed by atoms with van der Waals surface area (Å²) in [6.45, 7) is 3.30. The maximum Gasteiger partial charge on any atom is 0.308 e. The first-order chi connectivity index (χ1) is 13.0. The number of aryl methyl sites for hydroxylation is 2. The first-order valence-electron chi connectivity index (χ1n) is 7.51. The van der Waals surface area contributed by atoms with E-state index in [1.54, 1.807) is 27.9 Å². The maximum atomic E-state index is 11.2. The molecule has 0 bridgehead atoms. The Kier molecular flexibility index (Phi) is 5.23. The summed E-state index contributed by atoms with van der Waals surface area (Å²) in [5.41, 5.74) is -2.05. The number of rotatable bonds is 7. The molecule has 0 aliphatic rings. The van der Waals surface area contributed by atoms with E-state index < -0.39 is 43.1 Å². The molecule has 0 atom stereocenters.